The fourth-order valence-electron chi connectivity index (χ4n) is 9.12. The van der Waals surface area contributed by atoms with E-state index in [9.17, 15) is 0 Å². The Morgan fingerprint density at radius 1 is 0.439 bits per heavy atom. The number of fused-ring (bicyclic) bond motifs is 10. The molecule has 0 fully saturated rings. The van der Waals surface area contributed by atoms with Gasteiger partial charge < -0.3 is 18.2 Å². The van der Waals surface area contributed by atoms with Crippen molar-refractivity contribution in [3.63, 3.8) is 0 Å². The molecule has 3 heterocycles. The van der Waals surface area contributed by atoms with Crippen molar-refractivity contribution in [3.05, 3.63) is 181 Å². The van der Waals surface area contributed by atoms with Crippen molar-refractivity contribution < 1.29 is 13.3 Å². The second-order valence-corrected chi connectivity index (χ2v) is 15.5. The highest BCUT2D eigenvalue weighted by molar-refractivity contribution is 6.17. The van der Waals surface area contributed by atoms with Gasteiger partial charge >= 0.3 is 0 Å². The molecule has 1 aliphatic carbocycles. The summed E-state index contributed by atoms with van der Waals surface area (Å²) in [7, 11) is 0. The highest BCUT2D eigenvalue weighted by atomic mass is 16.4. The molecule has 0 aliphatic heterocycles. The third-order valence-electron chi connectivity index (χ3n) is 11.9. The molecule has 1 aliphatic rings. The lowest BCUT2D eigenvalue weighted by molar-refractivity contribution is 0.620. The molecule has 0 bridgehead atoms. The molecule has 0 unspecified atom stereocenters. The van der Waals surface area contributed by atoms with Gasteiger partial charge in [-0.1, -0.05) is 111 Å². The number of nitrogens with zero attached hydrogens (tertiary/aromatic N) is 2. The number of anilines is 3. The van der Waals surface area contributed by atoms with E-state index < -0.39 is 0 Å². The molecule has 3 aromatic heterocycles. The van der Waals surface area contributed by atoms with Gasteiger partial charge in [0.2, 0.25) is 5.89 Å². The summed E-state index contributed by atoms with van der Waals surface area (Å²) in [6, 6.07) is 59.5. The number of hydrogen-bond acceptors (Lipinski definition) is 5. The molecule has 5 nitrogen and oxygen atoms in total. The second-order valence-electron chi connectivity index (χ2n) is 15.5. The van der Waals surface area contributed by atoms with Crippen molar-refractivity contribution in [1.82, 2.24) is 4.98 Å². The predicted octanol–water partition coefficient (Wildman–Crippen LogP) is 14.7. The fraction of sp³-hybridized carbons (Fsp3) is 0.0577. The third kappa shape index (κ3) is 4.72. The molecule has 0 spiro atoms. The fourth-order valence-corrected chi connectivity index (χ4v) is 9.12. The second kappa shape index (κ2) is 11.8. The zero-order chi connectivity index (χ0) is 37.8. The lowest BCUT2D eigenvalue weighted by Crippen LogP contribution is -2.16. The van der Waals surface area contributed by atoms with Gasteiger partial charge in [0.15, 0.2) is 5.58 Å². The van der Waals surface area contributed by atoms with Crippen LogP contribution < -0.4 is 4.90 Å². The molecular weight excluding hydrogens is 701 g/mol. The number of furan rings is 2. The quantitative estimate of drug-likeness (QED) is 0.176. The molecule has 57 heavy (non-hydrogen) atoms. The summed E-state index contributed by atoms with van der Waals surface area (Å²) in [5.74, 6) is 0.578. The molecule has 5 heteroatoms. The topological polar surface area (TPSA) is 55.6 Å². The first-order valence-electron chi connectivity index (χ1n) is 19.4. The first kappa shape index (κ1) is 31.9. The number of para-hydroxylation sites is 2. The SMILES string of the molecule is CC1(C)c2ccccc2-c2ccc(N(c3ccc(-c4c5nc(-c6ccccc6)oc5cc5c4oc4ccccc45)cc3)c3ccc4c(c3)oc3ccccc34)cc21. The minimum absolute atomic E-state index is 0.146. The van der Waals surface area contributed by atoms with Crippen LogP contribution in [0.4, 0.5) is 17.1 Å². The zero-order valence-corrected chi connectivity index (χ0v) is 31.3. The predicted molar refractivity (Wildman–Crippen MR) is 232 cm³/mol. The van der Waals surface area contributed by atoms with Gasteiger partial charge in [-0.3, -0.25) is 0 Å². The molecular formula is C52H34N2O3. The van der Waals surface area contributed by atoms with E-state index in [0.717, 1.165) is 88.7 Å². The van der Waals surface area contributed by atoms with Gasteiger partial charge in [0, 0.05) is 55.7 Å². The van der Waals surface area contributed by atoms with Crippen LogP contribution in [0, 0.1) is 0 Å². The van der Waals surface area contributed by atoms with Crippen LogP contribution >= 0.6 is 0 Å². The van der Waals surface area contributed by atoms with Crippen LogP contribution in [0.5, 0.6) is 0 Å². The third-order valence-corrected chi connectivity index (χ3v) is 11.9. The van der Waals surface area contributed by atoms with E-state index in [-0.39, 0.29) is 5.41 Å². The van der Waals surface area contributed by atoms with Crippen LogP contribution in [0.1, 0.15) is 25.0 Å². The Bertz CT molecular complexity index is 3380. The Morgan fingerprint density at radius 3 is 1.89 bits per heavy atom. The minimum Gasteiger partial charge on any atom is -0.456 e. The molecule has 0 N–H and O–H groups in total. The lowest BCUT2D eigenvalue weighted by atomic mass is 9.82. The number of benzene rings is 8. The summed E-state index contributed by atoms with van der Waals surface area (Å²) < 4.78 is 19.5. The zero-order valence-electron chi connectivity index (χ0n) is 31.3. The number of aromatic nitrogens is 1. The average molecular weight is 735 g/mol. The van der Waals surface area contributed by atoms with Crippen molar-refractivity contribution in [2.75, 3.05) is 4.90 Å². The van der Waals surface area contributed by atoms with Crippen LogP contribution in [0.25, 0.3) is 88.7 Å². The summed E-state index contributed by atoms with van der Waals surface area (Å²) >= 11 is 0. The maximum absolute atomic E-state index is 6.63. The normalized spacial score (nSPS) is 13.2. The van der Waals surface area contributed by atoms with E-state index in [4.69, 9.17) is 18.2 Å². The van der Waals surface area contributed by atoms with E-state index >= 15 is 0 Å². The standard InChI is InChI=1S/C52H34N2O3/c1-52(2)42-17-9-6-14-36(42)37-26-24-34(28-43(37)52)54(35-25-27-40-38-15-7-10-18-44(38)55-46(40)29-35)33-22-20-31(21-23-33)48-49-47(57-51(53-49)32-12-4-3-5-13-32)30-41-39-16-8-11-19-45(39)56-50(41)48/h3-30H,1-2H3. The van der Waals surface area contributed by atoms with Gasteiger partial charge in [-0.25, -0.2) is 4.98 Å². The lowest BCUT2D eigenvalue weighted by Gasteiger charge is -2.28. The highest BCUT2D eigenvalue weighted by Gasteiger charge is 2.36. The maximum atomic E-state index is 6.63. The van der Waals surface area contributed by atoms with Crippen LogP contribution in [0.2, 0.25) is 0 Å². The van der Waals surface area contributed by atoms with Gasteiger partial charge in [0.1, 0.15) is 27.8 Å². The van der Waals surface area contributed by atoms with Gasteiger partial charge in [-0.15, -0.1) is 0 Å². The summed E-state index contributed by atoms with van der Waals surface area (Å²) in [5.41, 5.74) is 15.9. The monoisotopic (exact) mass is 734 g/mol. The number of oxazole rings is 1. The van der Waals surface area contributed by atoms with E-state index in [0.29, 0.717) is 5.89 Å². The van der Waals surface area contributed by atoms with E-state index in [2.05, 4.69) is 128 Å². The molecule has 0 saturated carbocycles. The summed E-state index contributed by atoms with van der Waals surface area (Å²) in [5, 5.41) is 4.25. The maximum Gasteiger partial charge on any atom is 0.227 e. The van der Waals surface area contributed by atoms with Gasteiger partial charge in [-0.2, -0.15) is 0 Å². The minimum atomic E-state index is -0.146. The van der Waals surface area contributed by atoms with Crippen molar-refractivity contribution in [1.29, 1.82) is 0 Å². The molecule has 0 radical (unpaired) electrons. The van der Waals surface area contributed by atoms with Gasteiger partial charge in [0.05, 0.1) is 5.56 Å². The van der Waals surface area contributed by atoms with E-state index in [1.165, 1.54) is 22.3 Å². The highest BCUT2D eigenvalue weighted by Crippen LogP contribution is 2.51. The molecule has 0 amide bonds. The Balaban J connectivity index is 1.05. The van der Waals surface area contributed by atoms with Gasteiger partial charge in [0.25, 0.3) is 0 Å². The Kier molecular flexibility index (Phi) is 6.62. The van der Waals surface area contributed by atoms with Gasteiger partial charge in [-0.05, 0) is 94.5 Å². The van der Waals surface area contributed by atoms with Crippen molar-refractivity contribution in [3.8, 4) is 33.7 Å². The van der Waals surface area contributed by atoms with Crippen LogP contribution in [0.15, 0.2) is 183 Å². The summed E-state index contributed by atoms with van der Waals surface area (Å²) in [6.07, 6.45) is 0. The van der Waals surface area contributed by atoms with E-state index in [1.54, 1.807) is 0 Å². The molecule has 8 aromatic carbocycles. The summed E-state index contributed by atoms with van der Waals surface area (Å²) in [6.45, 7) is 4.65. The first-order valence-corrected chi connectivity index (χ1v) is 19.4. The van der Waals surface area contributed by atoms with Crippen molar-refractivity contribution in [2.45, 2.75) is 19.3 Å². The summed E-state index contributed by atoms with van der Waals surface area (Å²) in [4.78, 5) is 7.43. The number of hydrogen-bond donors (Lipinski definition) is 0. The Morgan fingerprint density at radius 2 is 1.07 bits per heavy atom. The molecule has 12 rings (SSSR count). The molecule has 0 atom stereocenters. The first-order chi connectivity index (χ1) is 28.0. The van der Waals surface area contributed by atoms with E-state index in [1.807, 2.05) is 60.7 Å². The van der Waals surface area contributed by atoms with Crippen LogP contribution in [-0.2, 0) is 5.41 Å². The largest absolute Gasteiger partial charge is 0.456 e. The number of rotatable bonds is 5. The molecule has 11 aromatic rings. The molecule has 270 valence electrons. The van der Waals surface area contributed by atoms with Crippen LogP contribution in [-0.4, -0.2) is 4.98 Å². The van der Waals surface area contributed by atoms with Crippen LogP contribution in [0.3, 0.4) is 0 Å². The Hall–Kier alpha value is -7.37. The molecule has 0 saturated heterocycles. The smallest absolute Gasteiger partial charge is 0.227 e. The van der Waals surface area contributed by atoms with Crippen molar-refractivity contribution in [2.24, 2.45) is 0 Å². The average Bonchev–Trinajstić information content (AvgIpc) is 4.01. The Labute approximate surface area is 328 Å². The van der Waals surface area contributed by atoms with Crippen molar-refractivity contribution >= 4 is 72.0 Å².